The van der Waals surface area contributed by atoms with Crippen molar-refractivity contribution in [2.45, 2.75) is 12.8 Å². The zero-order valence-electron chi connectivity index (χ0n) is 14.7. The first-order valence-corrected chi connectivity index (χ1v) is 9.07. The quantitative estimate of drug-likeness (QED) is 0.502. The normalized spacial score (nSPS) is 14.0. The molecule has 0 saturated heterocycles. The number of nitrogens with zero attached hydrogens (tertiary/aromatic N) is 4. The van der Waals surface area contributed by atoms with Crippen molar-refractivity contribution in [3.05, 3.63) is 47.3 Å². The van der Waals surface area contributed by atoms with E-state index in [2.05, 4.69) is 25.5 Å². The summed E-state index contributed by atoms with van der Waals surface area (Å²) in [6, 6.07) is 0. The number of benzene rings is 1. The van der Waals surface area contributed by atoms with Crippen LogP contribution in [-0.2, 0) is 9.59 Å². The second-order valence-electron chi connectivity index (χ2n) is 6.60. The average Bonchev–Trinajstić information content (AvgIpc) is 3.42. The number of aromatic nitrogens is 5. The zero-order chi connectivity index (χ0) is 20.1. The highest BCUT2D eigenvalue weighted by atomic mass is 35.5. The van der Waals surface area contributed by atoms with Gasteiger partial charge >= 0.3 is 0 Å². The van der Waals surface area contributed by atoms with Crippen molar-refractivity contribution in [3.63, 3.8) is 0 Å². The lowest BCUT2D eigenvalue weighted by Crippen LogP contribution is -1.98. The number of carbonyl (C=O) groups is 2. The number of hydrogen-bond acceptors (Lipinski definition) is 5. The van der Waals surface area contributed by atoms with Crippen molar-refractivity contribution in [1.29, 1.82) is 0 Å². The Hall–Kier alpha value is -3.59. The molecule has 1 amide bonds. The molecule has 0 atom stereocenters. The first-order valence-electron chi connectivity index (χ1n) is 8.70. The summed E-state index contributed by atoms with van der Waals surface area (Å²) in [6.07, 6.45) is 9.07. The Bertz CT molecular complexity index is 1360. The summed E-state index contributed by atoms with van der Waals surface area (Å²) < 4.78 is 17.0. The molecule has 8 nitrogen and oxygen atoms in total. The van der Waals surface area contributed by atoms with Crippen LogP contribution in [0.5, 0.6) is 0 Å². The maximum Gasteiger partial charge on any atom is 0.212 e. The van der Waals surface area contributed by atoms with Gasteiger partial charge in [-0.25, -0.2) is 9.37 Å². The van der Waals surface area contributed by atoms with Gasteiger partial charge in [-0.15, -0.1) is 0 Å². The molecule has 1 aliphatic rings. The predicted octanol–water partition coefficient (Wildman–Crippen LogP) is 3.38. The summed E-state index contributed by atoms with van der Waals surface area (Å²) in [4.78, 5) is 30.8. The number of H-pyrrole nitrogens is 1. The van der Waals surface area contributed by atoms with Gasteiger partial charge in [-0.05, 0) is 18.1 Å². The number of halogens is 2. The number of nitrogens with one attached hydrogen (secondary N) is 2. The molecule has 1 aromatic carbocycles. The zero-order valence-corrected chi connectivity index (χ0v) is 15.5. The van der Waals surface area contributed by atoms with E-state index in [1.807, 2.05) is 0 Å². The first-order chi connectivity index (χ1) is 14.1. The minimum absolute atomic E-state index is 0.0424. The minimum atomic E-state index is -0.629. The Morgan fingerprint density at radius 2 is 2.10 bits per heavy atom. The van der Waals surface area contributed by atoms with Crippen LogP contribution < -0.4 is 5.32 Å². The smallest absolute Gasteiger partial charge is 0.212 e. The second kappa shape index (κ2) is 6.49. The number of fused-ring (bicyclic) bond motifs is 2. The molecule has 4 aromatic rings. The van der Waals surface area contributed by atoms with Gasteiger partial charge < -0.3 is 9.72 Å². The van der Waals surface area contributed by atoms with E-state index in [0.29, 0.717) is 58.5 Å². The summed E-state index contributed by atoms with van der Waals surface area (Å²) in [5, 5.41) is 9.83. The van der Waals surface area contributed by atoms with Crippen molar-refractivity contribution < 1.29 is 14.0 Å². The topological polar surface area (TPSA) is 105 Å². The SMILES string of the molecule is O=CNc1cn2cc(-c3c(Cl)c(F)c(C4=CC(=O)CC4)c4[nH]ncc34)ncc2n1. The number of hydrogen-bond donors (Lipinski definition) is 2. The molecule has 0 fully saturated rings. The van der Waals surface area contributed by atoms with Crippen LogP contribution in [0.3, 0.4) is 0 Å². The van der Waals surface area contributed by atoms with Crippen LogP contribution in [0.2, 0.25) is 5.02 Å². The van der Waals surface area contributed by atoms with Gasteiger partial charge in [0.15, 0.2) is 23.1 Å². The Morgan fingerprint density at radius 1 is 1.24 bits per heavy atom. The number of aromatic amines is 1. The van der Waals surface area contributed by atoms with Crippen molar-refractivity contribution in [1.82, 2.24) is 24.6 Å². The molecule has 0 saturated carbocycles. The van der Waals surface area contributed by atoms with Crippen molar-refractivity contribution in [2.75, 3.05) is 5.32 Å². The molecule has 144 valence electrons. The fourth-order valence-electron chi connectivity index (χ4n) is 3.62. The predicted molar refractivity (Wildman–Crippen MR) is 105 cm³/mol. The van der Waals surface area contributed by atoms with Crippen LogP contribution in [0.15, 0.2) is 30.9 Å². The molecule has 3 heterocycles. The number of imidazole rings is 1. The highest BCUT2D eigenvalue weighted by Gasteiger charge is 2.26. The van der Waals surface area contributed by atoms with Gasteiger partial charge in [0.1, 0.15) is 0 Å². The fraction of sp³-hybridized carbons (Fsp3) is 0.105. The van der Waals surface area contributed by atoms with E-state index in [1.54, 1.807) is 23.0 Å². The fourth-order valence-corrected chi connectivity index (χ4v) is 3.91. The van der Waals surface area contributed by atoms with Gasteiger partial charge in [0.2, 0.25) is 6.41 Å². The van der Waals surface area contributed by atoms with Gasteiger partial charge in [-0.1, -0.05) is 11.6 Å². The number of ketones is 1. The van der Waals surface area contributed by atoms with E-state index in [4.69, 9.17) is 11.6 Å². The third-order valence-electron chi connectivity index (χ3n) is 4.89. The van der Waals surface area contributed by atoms with Crippen molar-refractivity contribution >= 4 is 51.7 Å². The number of anilines is 1. The maximum absolute atomic E-state index is 15.3. The number of allylic oxidation sites excluding steroid dienone is 2. The molecule has 0 unspecified atom stereocenters. The molecule has 29 heavy (non-hydrogen) atoms. The molecule has 0 spiro atoms. The van der Waals surface area contributed by atoms with Crippen LogP contribution in [-0.4, -0.2) is 36.8 Å². The molecule has 0 bridgehead atoms. The van der Waals surface area contributed by atoms with E-state index in [-0.39, 0.29) is 16.4 Å². The third-order valence-corrected chi connectivity index (χ3v) is 5.25. The second-order valence-corrected chi connectivity index (χ2v) is 6.98. The highest BCUT2D eigenvalue weighted by molar-refractivity contribution is 6.35. The number of amides is 1. The van der Waals surface area contributed by atoms with Gasteiger partial charge in [0.05, 0.1) is 34.8 Å². The molecule has 0 radical (unpaired) electrons. The third kappa shape index (κ3) is 2.70. The Kier molecular flexibility index (Phi) is 3.92. The van der Waals surface area contributed by atoms with Crippen LogP contribution in [0.1, 0.15) is 18.4 Å². The summed E-state index contributed by atoms with van der Waals surface area (Å²) in [5.74, 6) is -0.313. The minimum Gasteiger partial charge on any atom is -0.312 e. The summed E-state index contributed by atoms with van der Waals surface area (Å²) in [7, 11) is 0. The average molecular weight is 411 g/mol. The van der Waals surface area contributed by atoms with Gasteiger partial charge in [0.25, 0.3) is 0 Å². The lowest BCUT2D eigenvalue weighted by molar-refractivity contribution is -0.114. The standard InChI is InChI=1S/C19H12ClFN6O2/c20-17-16(12-6-27-7-13(23-8-28)25-14(27)5-22-12)11-4-24-26-19(11)15(18(17)21)9-1-2-10(29)3-9/h3-8H,1-2H2,(H,23,28)(H,24,26). The van der Waals surface area contributed by atoms with Crippen LogP contribution in [0.25, 0.3) is 33.4 Å². The summed E-state index contributed by atoms with van der Waals surface area (Å²) >= 11 is 6.44. The van der Waals surface area contributed by atoms with E-state index in [1.165, 1.54) is 12.3 Å². The summed E-state index contributed by atoms with van der Waals surface area (Å²) in [5.41, 5.74) is 2.60. The largest absolute Gasteiger partial charge is 0.312 e. The van der Waals surface area contributed by atoms with Crippen LogP contribution in [0.4, 0.5) is 10.2 Å². The maximum atomic E-state index is 15.3. The summed E-state index contributed by atoms with van der Waals surface area (Å²) in [6.45, 7) is 0. The molecular weight excluding hydrogens is 399 g/mol. The molecule has 2 N–H and O–H groups in total. The van der Waals surface area contributed by atoms with E-state index in [9.17, 15) is 9.59 Å². The van der Waals surface area contributed by atoms with Gasteiger partial charge in [-0.3, -0.25) is 19.7 Å². The van der Waals surface area contributed by atoms with Crippen LogP contribution in [0, 0.1) is 5.82 Å². The Balaban J connectivity index is 1.74. The molecule has 5 rings (SSSR count). The molecule has 0 aliphatic heterocycles. The number of carbonyl (C=O) groups excluding carboxylic acids is 2. The lowest BCUT2D eigenvalue weighted by Gasteiger charge is -2.12. The van der Waals surface area contributed by atoms with E-state index >= 15 is 4.39 Å². The molecule has 3 aromatic heterocycles. The molecule has 10 heteroatoms. The molecular formula is C19H12ClFN6O2. The van der Waals surface area contributed by atoms with Crippen molar-refractivity contribution in [3.8, 4) is 11.3 Å². The lowest BCUT2D eigenvalue weighted by atomic mass is 9.97. The van der Waals surface area contributed by atoms with Crippen molar-refractivity contribution in [2.24, 2.45) is 0 Å². The Morgan fingerprint density at radius 3 is 2.86 bits per heavy atom. The monoisotopic (exact) mass is 410 g/mol. The van der Waals surface area contributed by atoms with Gasteiger partial charge in [-0.2, -0.15) is 5.10 Å². The van der Waals surface area contributed by atoms with Crippen LogP contribution >= 0.6 is 11.6 Å². The molecule has 1 aliphatic carbocycles. The Labute approximate surface area is 167 Å². The van der Waals surface area contributed by atoms with Gasteiger partial charge in [0, 0.05) is 29.1 Å². The van der Waals surface area contributed by atoms with E-state index < -0.39 is 5.82 Å². The number of rotatable bonds is 4. The van der Waals surface area contributed by atoms with E-state index in [0.717, 1.165) is 0 Å². The first kappa shape index (κ1) is 17.5. The highest BCUT2D eigenvalue weighted by Crippen LogP contribution is 2.42.